The predicted octanol–water partition coefficient (Wildman–Crippen LogP) is 5.50. The largest absolute Gasteiger partial charge is 0.339 e. The first-order valence-corrected chi connectivity index (χ1v) is 10.2. The lowest BCUT2D eigenvalue weighted by Gasteiger charge is -2.23. The van der Waals surface area contributed by atoms with Gasteiger partial charge in [-0.2, -0.15) is 5.10 Å². The van der Waals surface area contributed by atoms with E-state index in [2.05, 4.69) is 20.5 Å². The number of rotatable bonds is 7. The lowest BCUT2D eigenvalue weighted by molar-refractivity contribution is 0.00459. The van der Waals surface area contributed by atoms with Gasteiger partial charge in [-0.15, -0.1) is 0 Å². The van der Waals surface area contributed by atoms with Crippen molar-refractivity contribution < 1.29 is 18.0 Å². The van der Waals surface area contributed by atoms with Crippen molar-refractivity contribution in [2.75, 3.05) is 18.4 Å². The molecule has 0 unspecified atom stereocenters. The number of halogens is 3. The number of H-pyrrole nitrogens is 1. The van der Waals surface area contributed by atoms with E-state index < -0.39 is 11.7 Å². The summed E-state index contributed by atoms with van der Waals surface area (Å²) >= 11 is 0. The second-order valence-electron chi connectivity index (χ2n) is 7.69. The maximum atomic E-state index is 13.3. The zero-order valence-corrected chi connectivity index (χ0v) is 17.6. The number of hydrogen-bond donors (Lipinski definition) is 2. The van der Waals surface area contributed by atoms with Crippen LogP contribution in [0.5, 0.6) is 0 Å². The smallest absolute Gasteiger partial charge is 0.254 e. The molecule has 0 saturated heterocycles. The number of benzene rings is 2. The van der Waals surface area contributed by atoms with E-state index in [4.69, 9.17) is 0 Å². The molecule has 2 aromatic carbocycles. The van der Waals surface area contributed by atoms with Crippen LogP contribution in [0.2, 0.25) is 0 Å². The fourth-order valence-electron chi connectivity index (χ4n) is 3.56. The van der Waals surface area contributed by atoms with Crippen LogP contribution in [0.3, 0.4) is 0 Å². The zero-order valence-electron chi connectivity index (χ0n) is 17.6. The quantitative estimate of drug-likeness (QED) is 0.397. The summed E-state index contributed by atoms with van der Waals surface area (Å²) in [6.07, 6.45) is 0.732. The van der Waals surface area contributed by atoms with E-state index in [1.165, 1.54) is 11.0 Å². The summed E-state index contributed by atoms with van der Waals surface area (Å²) in [6.45, 7) is 2.94. The number of pyridine rings is 1. The number of nitrogens with one attached hydrogen (secondary N) is 2. The zero-order chi connectivity index (χ0) is 22.9. The number of fused-ring (bicyclic) bond motifs is 2. The van der Waals surface area contributed by atoms with E-state index in [1.54, 1.807) is 31.2 Å². The van der Waals surface area contributed by atoms with E-state index in [9.17, 15) is 18.0 Å². The summed E-state index contributed by atoms with van der Waals surface area (Å²) in [7, 11) is 0. The van der Waals surface area contributed by atoms with E-state index in [0.717, 1.165) is 23.9 Å². The van der Waals surface area contributed by atoms with Crippen LogP contribution >= 0.6 is 0 Å². The Balaban J connectivity index is 1.61. The van der Waals surface area contributed by atoms with Gasteiger partial charge in [-0.05, 0) is 42.8 Å². The number of carbonyl (C=O) groups is 1. The highest BCUT2D eigenvalue weighted by atomic mass is 19.3. The molecule has 2 aromatic heterocycles. The van der Waals surface area contributed by atoms with Crippen LogP contribution < -0.4 is 5.32 Å². The molecule has 0 radical (unpaired) electrons. The Morgan fingerprint density at radius 3 is 2.78 bits per heavy atom. The van der Waals surface area contributed by atoms with Gasteiger partial charge in [0.25, 0.3) is 5.91 Å². The highest BCUT2D eigenvalue weighted by molar-refractivity contribution is 6.07. The van der Waals surface area contributed by atoms with Gasteiger partial charge in [0, 0.05) is 36.8 Å². The Kier molecular flexibility index (Phi) is 5.73. The van der Waals surface area contributed by atoms with Crippen LogP contribution in [0.4, 0.5) is 24.7 Å². The first-order chi connectivity index (χ1) is 15.2. The molecule has 0 fully saturated rings. The van der Waals surface area contributed by atoms with E-state index >= 15 is 0 Å². The first kappa shape index (κ1) is 21.6. The third-order valence-electron chi connectivity index (χ3n) is 5.23. The summed E-state index contributed by atoms with van der Waals surface area (Å²) < 4.78 is 39.9. The molecule has 4 rings (SSSR count). The Morgan fingerprint density at radius 2 is 2.03 bits per heavy atom. The molecule has 166 valence electrons. The van der Waals surface area contributed by atoms with E-state index in [1.807, 2.05) is 12.1 Å². The van der Waals surface area contributed by atoms with Crippen molar-refractivity contribution >= 4 is 39.2 Å². The van der Waals surface area contributed by atoms with Gasteiger partial charge in [-0.25, -0.2) is 18.2 Å². The lowest BCUT2D eigenvalue weighted by atomic mass is 10.0. The average molecular weight is 441 g/mol. The minimum absolute atomic E-state index is 0.0192. The number of nitrogens with zero attached hydrogens (tertiary/aromatic N) is 3. The minimum atomic E-state index is -2.83. The number of hydrogen-bond acceptors (Lipinski definition) is 4. The molecule has 0 aliphatic heterocycles. The molecule has 0 aliphatic carbocycles. The van der Waals surface area contributed by atoms with Crippen LogP contribution in [-0.2, 0) is 0 Å². The van der Waals surface area contributed by atoms with Crippen LogP contribution in [0.25, 0.3) is 21.8 Å². The number of amides is 1. The third-order valence-corrected chi connectivity index (χ3v) is 5.23. The van der Waals surface area contributed by atoms with Crippen molar-refractivity contribution in [1.29, 1.82) is 0 Å². The molecule has 32 heavy (non-hydrogen) atoms. The molecule has 9 heteroatoms. The van der Waals surface area contributed by atoms with E-state index in [-0.39, 0.29) is 18.9 Å². The van der Waals surface area contributed by atoms with Crippen molar-refractivity contribution in [2.24, 2.45) is 0 Å². The number of anilines is 2. The molecular weight excluding hydrogens is 419 g/mol. The number of aromatic nitrogens is 3. The molecule has 2 heterocycles. The van der Waals surface area contributed by atoms with Gasteiger partial charge in [-0.3, -0.25) is 9.89 Å². The van der Waals surface area contributed by atoms with Gasteiger partial charge < -0.3 is 10.2 Å². The first-order valence-electron chi connectivity index (χ1n) is 10.2. The Hall–Kier alpha value is -3.62. The summed E-state index contributed by atoms with van der Waals surface area (Å²) in [5.41, 5.74) is 2.14. The van der Waals surface area contributed by atoms with Crippen LogP contribution in [0.1, 0.15) is 30.6 Å². The molecule has 0 spiro atoms. The standard InChI is InChI=1S/C23H22F3N5O/c1-3-31(10-9-23(2,25)26)22(32)18-6-4-5-14-11-16(7-8-17(14)18)28-21-20-19(29-30-21)12-15(24)13-27-20/h4-8,11-13H,3,9-10H2,1-2H3,(H2,28,29,30). The van der Waals surface area contributed by atoms with Gasteiger partial charge in [-0.1, -0.05) is 18.2 Å². The van der Waals surface area contributed by atoms with Gasteiger partial charge >= 0.3 is 0 Å². The molecule has 2 N–H and O–H groups in total. The fourth-order valence-corrected chi connectivity index (χ4v) is 3.56. The van der Waals surface area contributed by atoms with Crippen LogP contribution in [0.15, 0.2) is 48.7 Å². The lowest BCUT2D eigenvalue weighted by Crippen LogP contribution is -2.34. The molecule has 0 saturated carbocycles. The molecule has 0 aliphatic rings. The molecule has 6 nitrogen and oxygen atoms in total. The summed E-state index contributed by atoms with van der Waals surface area (Å²) in [5.74, 6) is -3.12. The molecule has 1 amide bonds. The van der Waals surface area contributed by atoms with Crippen molar-refractivity contribution in [3.63, 3.8) is 0 Å². The normalized spacial score (nSPS) is 11.8. The Labute approximate surface area is 182 Å². The maximum absolute atomic E-state index is 13.3. The van der Waals surface area contributed by atoms with Crippen molar-refractivity contribution in [1.82, 2.24) is 20.1 Å². The summed E-state index contributed by atoms with van der Waals surface area (Å²) in [6, 6.07) is 12.1. The van der Waals surface area contributed by atoms with Gasteiger partial charge in [0.05, 0.1) is 11.7 Å². The Bertz CT molecular complexity index is 1280. The second kappa shape index (κ2) is 8.49. The molecule has 0 atom stereocenters. The van der Waals surface area contributed by atoms with Crippen LogP contribution in [0, 0.1) is 5.82 Å². The highest BCUT2D eigenvalue weighted by Crippen LogP contribution is 2.28. The maximum Gasteiger partial charge on any atom is 0.254 e. The predicted molar refractivity (Wildman–Crippen MR) is 118 cm³/mol. The highest BCUT2D eigenvalue weighted by Gasteiger charge is 2.24. The Morgan fingerprint density at radius 1 is 1.22 bits per heavy atom. The van der Waals surface area contributed by atoms with Crippen molar-refractivity contribution in [3.8, 4) is 0 Å². The number of carbonyl (C=O) groups excluding carboxylic acids is 1. The fraction of sp³-hybridized carbons (Fsp3) is 0.261. The summed E-state index contributed by atoms with van der Waals surface area (Å²) in [4.78, 5) is 18.5. The van der Waals surface area contributed by atoms with Crippen molar-refractivity contribution in [3.05, 3.63) is 60.0 Å². The minimum Gasteiger partial charge on any atom is -0.339 e. The SMILES string of the molecule is CCN(CCC(C)(F)F)C(=O)c1cccc2cc(Nc3n[nH]c4cc(F)cnc34)ccc12. The average Bonchev–Trinajstić information content (AvgIpc) is 3.14. The summed E-state index contributed by atoms with van der Waals surface area (Å²) in [5, 5.41) is 11.6. The molecule has 4 aromatic rings. The number of aromatic amines is 1. The second-order valence-corrected chi connectivity index (χ2v) is 7.69. The van der Waals surface area contributed by atoms with Crippen LogP contribution in [-0.4, -0.2) is 45.0 Å². The third kappa shape index (κ3) is 4.51. The monoisotopic (exact) mass is 441 g/mol. The van der Waals surface area contributed by atoms with Gasteiger partial charge in [0.2, 0.25) is 5.92 Å². The topological polar surface area (TPSA) is 73.9 Å². The van der Waals surface area contributed by atoms with Gasteiger partial charge in [0.1, 0.15) is 11.3 Å². The van der Waals surface area contributed by atoms with E-state index in [0.29, 0.717) is 34.6 Å². The molecule has 0 bridgehead atoms. The van der Waals surface area contributed by atoms with Gasteiger partial charge in [0.15, 0.2) is 5.82 Å². The molecular formula is C23H22F3N5O. The number of alkyl halides is 2. The van der Waals surface area contributed by atoms with Crippen molar-refractivity contribution in [2.45, 2.75) is 26.2 Å².